The van der Waals surface area contributed by atoms with E-state index in [0.717, 1.165) is 48.2 Å². The molecule has 1 aliphatic rings. The van der Waals surface area contributed by atoms with Gasteiger partial charge in [0.15, 0.2) is 0 Å². The number of nitrogens with zero attached hydrogens (tertiary/aromatic N) is 2. The molecule has 1 fully saturated rings. The van der Waals surface area contributed by atoms with Gasteiger partial charge in [-0.15, -0.1) is 0 Å². The minimum Gasteiger partial charge on any atom is -0.347 e. The monoisotopic (exact) mass is 396 g/mol. The highest BCUT2D eigenvalue weighted by Gasteiger charge is 2.19. The van der Waals surface area contributed by atoms with Gasteiger partial charge in [0.1, 0.15) is 5.69 Å². The molecule has 0 saturated carbocycles. The summed E-state index contributed by atoms with van der Waals surface area (Å²) in [5.74, 6) is -0.150. The Bertz CT molecular complexity index is 1080. The molecule has 1 amide bonds. The predicted octanol–water partition coefficient (Wildman–Crippen LogP) is 4.08. The van der Waals surface area contributed by atoms with E-state index in [9.17, 15) is 4.79 Å². The number of carbonyl (C=O) groups is 1. The summed E-state index contributed by atoms with van der Waals surface area (Å²) in [7, 11) is 0. The third-order valence-electron chi connectivity index (χ3n) is 5.46. The predicted molar refractivity (Wildman–Crippen MR) is 118 cm³/mol. The number of nitriles is 1. The molecule has 1 aromatic heterocycles. The van der Waals surface area contributed by atoms with E-state index >= 15 is 0 Å². The van der Waals surface area contributed by atoms with Crippen LogP contribution in [0.3, 0.4) is 0 Å². The largest absolute Gasteiger partial charge is 0.347 e. The van der Waals surface area contributed by atoms with Crippen molar-refractivity contribution in [1.29, 1.82) is 5.26 Å². The summed E-state index contributed by atoms with van der Waals surface area (Å²) in [4.78, 5) is 17.3. The maximum Gasteiger partial charge on any atom is 0.270 e. The number of piperidine rings is 1. The van der Waals surface area contributed by atoms with Crippen molar-refractivity contribution in [2.24, 2.45) is 0 Å². The molecule has 0 radical (unpaired) electrons. The Morgan fingerprint density at radius 1 is 1.10 bits per heavy atom. The van der Waals surface area contributed by atoms with Crippen molar-refractivity contribution in [3.05, 3.63) is 77.6 Å². The van der Waals surface area contributed by atoms with Crippen LogP contribution in [0.25, 0.3) is 22.3 Å². The summed E-state index contributed by atoms with van der Waals surface area (Å²) in [5, 5.41) is 15.5. The molecule has 1 unspecified atom stereocenters. The zero-order valence-corrected chi connectivity index (χ0v) is 17.0. The standard InChI is InChI=1S/C25H24N4O/c1-17-4-8-19(9-5-17)22-13-24(25(30)29-21-3-2-12-27-15-21)28-16-23(22)20-10-6-18(14-26)7-11-20/h4-11,13,16,21,27H,2-3,12,15H2,1H3,(H,29,30). The zero-order valence-electron chi connectivity index (χ0n) is 17.0. The van der Waals surface area contributed by atoms with Crippen molar-refractivity contribution in [1.82, 2.24) is 15.6 Å². The lowest BCUT2D eigenvalue weighted by atomic mass is 9.94. The highest BCUT2D eigenvalue weighted by molar-refractivity contribution is 5.95. The lowest BCUT2D eigenvalue weighted by Gasteiger charge is -2.23. The summed E-state index contributed by atoms with van der Waals surface area (Å²) in [6, 6.07) is 19.8. The first-order valence-corrected chi connectivity index (χ1v) is 10.2. The molecule has 30 heavy (non-hydrogen) atoms. The van der Waals surface area contributed by atoms with E-state index in [2.05, 4.69) is 52.9 Å². The Kier molecular flexibility index (Phi) is 5.87. The molecule has 3 aromatic rings. The van der Waals surface area contributed by atoms with Gasteiger partial charge in [-0.2, -0.15) is 5.26 Å². The fraction of sp³-hybridized carbons (Fsp3) is 0.240. The summed E-state index contributed by atoms with van der Waals surface area (Å²) >= 11 is 0. The van der Waals surface area contributed by atoms with Gasteiger partial charge in [0, 0.05) is 24.3 Å². The molecular formula is C25H24N4O. The van der Waals surface area contributed by atoms with Gasteiger partial charge >= 0.3 is 0 Å². The minimum absolute atomic E-state index is 0.133. The van der Waals surface area contributed by atoms with Crippen LogP contribution in [0, 0.1) is 18.3 Å². The van der Waals surface area contributed by atoms with Crippen LogP contribution in [0.15, 0.2) is 60.8 Å². The topological polar surface area (TPSA) is 77.8 Å². The third kappa shape index (κ3) is 4.40. The number of carbonyl (C=O) groups excluding carboxylic acids is 1. The molecular weight excluding hydrogens is 372 g/mol. The highest BCUT2D eigenvalue weighted by atomic mass is 16.1. The number of benzene rings is 2. The SMILES string of the molecule is Cc1ccc(-c2cc(C(=O)NC3CCCNC3)ncc2-c2ccc(C#N)cc2)cc1. The second-order valence-electron chi connectivity index (χ2n) is 7.69. The molecule has 2 aromatic carbocycles. The first-order valence-electron chi connectivity index (χ1n) is 10.2. The lowest BCUT2D eigenvalue weighted by molar-refractivity contribution is 0.0925. The summed E-state index contributed by atoms with van der Waals surface area (Å²) in [5.41, 5.74) is 6.06. The van der Waals surface area contributed by atoms with Crippen LogP contribution in [0.1, 0.15) is 34.5 Å². The van der Waals surface area contributed by atoms with Gasteiger partial charge < -0.3 is 10.6 Å². The molecule has 2 heterocycles. The fourth-order valence-electron chi connectivity index (χ4n) is 3.74. The number of amides is 1. The molecule has 150 valence electrons. The smallest absolute Gasteiger partial charge is 0.270 e. The number of aryl methyl sites for hydroxylation is 1. The molecule has 5 heteroatoms. The first-order chi connectivity index (χ1) is 14.6. The maximum atomic E-state index is 12.8. The van der Waals surface area contributed by atoms with Crippen LogP contribution in [0.4, 0.5) is 0 Å². The van der Waals surface area contributed by atoms with E-state index in [4.69, 9.17) is 5.26 Å². The molecule has 1 aliphatic heterocycles. The fourth-order valence-corrected chi connectivity index (χ4v) is 3.74. The van der Waals surface area contributed by atoms with Crippen molar-refractivity contribution in [2.75, 3.05) is 13.1 Å². The second kappa shape index (κ2) is 8.89. The van der Waals surface area contributed by atoms with Crippen molar-refractivity contribution in [2.45, 2.75) is 25.8 Å². The van der Waals surface area contributed by atoms with E-state index in [1.807, 2.05) is 18.2 Å². The van der Waals surface area contributed by atoms with E-state index in [1.54, 1.807) is 18.3 Å². The van der Waals surface area contributed by atoms with Gasteiger partial charge in [-0.05, 0) is 61.2 Å². The molecule has 1 atom stereocenters. The van der Waals surface area contributed by atoms with Gasteiger partial charge in [-0.25, -0.2) is 0 Å². The Hall–Kier alpha value is -3.49. The minimum atomic E-state index is -0.150. The number of hydrogen-bond donors (Lipinski definition) is 2. The van der Waals surface area contributed by atoms with Crippen molar-refractivity contribution >= 4 is 5.91 Å². The van der Waals surface area contributed by atoms with E-state index < -0.39 is 0 Å². The van der Waals surface area contributed by atoms with Crippen LogP contribution >= 0.6 is 0 Å². The summed E-state index contributed by atoms with van der Waals surface area (Å²) in [6.45, 7) is 3.84. The van der Waals surface area contributed by atoms with Gasteiger partial charge in [-0.3, -0.25) is 9.78 Å². The van der Waals surface area contributed by atoms with Gasteiger partial charge in [-0.1, -0.05) is 42.0 Å². The Morgan fingerprint density at radius 3 is 2.47 bits per heavy atom. The molecule has 5 nitrogen and oxygen atoms in total. The Balaban J connectivity index is 1.71. The quantitative estimate of drug-likeness (QED) is 0.697. The van der Waals surface area contributed by atoms with Crippen molar-refractivity contribution in [3.8, 4) is 28.3 Å². The van der Waals surface area contributed by atoms with E-state index in [1.165, 1.54) is 5.56 Å². The maximum absolute atomic E-state index is 12.8. The number of rotatable bonds is 4. The molecule has 4 rings (SSSR count). The number of hydrogen-bond acceptors (Lipinski definition) is 4. The average molecular weight is 396 g/mol. The number of pyridine rings is 1. The first kappa shape index (κ1) is 19.8. The van der Waals surface area contributed by atoms with Crippen molar-refractivity contribution < 1.29 is 4.79 Å². The second-order valence-corrected chi connectivity index (χ2v) is 7.69. The van der Waals surface area contributed by atoms with Gasteiger partial charge in [0.2, 0.25) is 0 Å². The van der Waals surface area contributed by atoms with Gasteiger partial charge in [0.25, 0.3) is 5.91 Å². The van der Waals surface area contributed by atoms with Crippen LogP contribution in [0.2, 0.25) is 0 Å². The highest BCUT2D eigenvalue weighted by Crippen LogP contribution is 2.32. The molecule has 0 aliphatic carbocycles. The van der Waals surface area contributed by atoms with Crippen molar-refractivity contribution in [3.63, 3.8) is 0 Å². The number of nitrogens with one attached hydrogen (secondary N) is 2. The van der Waals surface area contributed by atoms with E-state index in [0.29, 0.717) is 11.3 Å². The van der Waals surface area contributed by atoms with Crippen LogP contribution < -0.4 is 10.6 Å². The Labute approximate surface area is 176 Å². The summed E-state index contributed by atoms with van der Waals surface area (Å²) < 4.78 is 0. The van der Waals surface area contributed by atoms with Crippen LogP contribution in [-0.4, -0.2) is 30.0 Å². The zero-order chi connectivity index (χ0) is 20.9. The van der Waals surface area contributed by atoms with E-state index in [-0.39, 0.29) is 11.9 Å². The third-order valence-corrected chi connectivity index (χ3v) is 5.46. The van der Waals surface area contributed by atoms with Crippen LogP contribution in [-0.2, 0) is 0 Å². The molecule has 0 bridgehead atoms. The Morgan fingerprint density at radius 2 is 1.80 bits per heavy atom. The summed E-state index contributed by atoms with van der Waals surface area (Å²) in [6.07, 6.45) is 3.79. The molecule has 1 saturated heterocycles. The number of aromatic nitrogens is 1. The normalized spacial score (nSPS) is 15.9. The lowest BCUT2D eigenvalue weighted by Crippen LogP contribution is -2.45. The molecule has 2 N–H and O–H groups in total. The van der Waals surface area contributed by atoms with Gasteiger partial charge in [0.05, 0.1) is 11.6 Å². The average Bonchev–Trinajstić information content (AvgIpc) is 2.80. The van der Waals surface area contributed by atoms with Crippen LogP contribution in [0.5, 0.6) is 0 Å². The molecule has 0 spiro atoms.